The van der Waals surface area contributed by atoms with Crippen LogP contribution in [-0.2, 0) is 0 Å². The second kappa shape index (κ2) is 8.18. The number of carbonyl (C=O) groups excluding carboxylic acids is 2. The van der Waals surface area contributed by atoms with Gasteiger partial charge < -0.3 is 21.3 Å². The molecule has 118 valence electrons. The van der Waals surface area contributed by atoms with Gasteiger partial charge in [0.25, 0.3) is 0 Å². The number of carbonyl (C=O) groups is 2. The Balaban J connectivity index is 1.86. The quantitative estimate of drug-likeness (QED) is 0.639. The van der Waals surface area contributed by atoms with Crippen molar-refractivity contribution in [2.75, 3.05) is 22.5 Å². The third kappa shape index (κ3) is 5.50. The number of hydrogen-bond acceptors (Lipinski definition) is 3. The maximum Gasteiger partial charge on any atom is 0.323 e. The van der Waals surface area contributed by atoms with E-state index in [1.807, 2.05) is 0 Å². The summed E-state index contributed by atoms with van der Waals surface area (Å²) < 4.78 is 0. The summed E-state index contributed by atoms with van der Waals surface area (Å²) in [6, 6.07) is 9.52. The maximum atomic E-state index is 11.8. The summed E-state index contributed by atoms with van der Waals surface area (Å²) in [6.07, 6.45) is 4.77. The molecule has 0 aliphatic rings. The summed E-state index contributed by atoms with van der Waals surface area (Å²) in [7, 11) is 0. The van der Waals surface area contributed by atoms with Crippen LogP contribution in [0.3, 0.4) is 0 Å². The summed E-state index contributed by atoms with van der Waals surface area (Å²) in [4.78, 5) is 27.2. The van der Waals surface area contributed by atoms with Crippen LogP contribution in [0.1, 0.15) is 0 Å². The van der Waals surface area contributed by atoms with Crippen molar-refractivity contribution < 1.29 is 9.59 Å². The van der Waals surface area contributed by atoms with Crippen molar-refractivity contribution in [3.63, 3.8) is 0 Å². The molecule has 1 aromatic carbocycles. The second-order valence-electron chi connectivity index (χ2n) is 4.52. The Kier molecular flexibility index (Phi) is 5.70. The Hall–Kier alpha value is -3.35. The molecule has 0 unspecified atom stereocenters. The Labute approximate surface area is 133 Å². The molecule has 1 heterocycles. The van der Waals surface area contributed by atoms with Crippen LogP contribution in [0.2, 0.25) is 0 Å². The van der Waals surface area contributed by atoms with Gasteiger partial charge in [-0.25, -0.2) is 9.59 Å². The highest BCUT2D eigenvalue weighted by Gasteiger charge is 2.04. The van der Waals surface area contributed by atoms with E-state index >= 15 is 0 Å². The van der Waals surface area contributed by atoms with Gasteiger partial charge in [0.15, 0.2) is 0 Å². The number of rotatable bonds is 5. The minimum Gasteiger partial charge on any atom is -0.334 e. The van der Waals surface area contributed by atoms with E-state index in [2.05, 4.69) is 32.8 Å². The topological polar surface area (TPSA) is 95.2 Å². The summed E-state index contributed by atoms with van der Waals surface area (Å²) in [6.45, 7) is 3.91. The number of urea groups is 2. The SMILES string of the molecule is C=CCNC(=O)Nc1ccc(NC(=O)Nc2cccnc2)cc1. The number of pyridine rings is 1. The number of hydrogen-bond donors (Lipinski definition) is 4. The smallest absolute Gasteiger partial charge is 0.323 e. The van der Waals surface area contributed by atoms with Crippen molar-refractivity contribution in [3.05, 3.63) is 61.4 Å². The number of nitrogens with one attached hydrogen (secondary N) is 4. The van der Waals surface area contributed by atoms with Crippen LogP contribution in [0.25, 0.3) is 0 Å². The average molecular weight is 311 g/mol. The summed E-state index contributed by atoms with van der Waals surface area (Å²) in [5.41, 5.74) is 1.82. The largest absolute Gasteiger partial charge is 0.334 e. The van der Waals surface area contributed by atoms with E-state index in [0.717, 1.165) is 0 Å². The maximum absolute atomic E-state index is 11.8. The summed E-state index contributed by atoms with van der Waals surface area (Å²) >= 11 is 0. The summed E-state index contributed by atoms with van der Waals surface area (Å²) in [5, 5.41) is 10.6. The number of nitrogens with zero attached hydrogens (tertiary/aromatic N) is 1. The zero-order chi connectivity index (χ0) is 16.5. The molecule has 7 nitrogen and oxygen atoms in total. The van der Waals surface area contributed by atoms with Crippen LogP contribution in [0.5, 0.6) is 0 Å². The average Bonchev–Trinajstić information content (AvgIpc) is 2.55. The third-order valence-corrected chi connectivity index (χ3v) is 2.73. The first-order valence-electron chi connectivity index (χ1n) is 6.91. The lowest BCUT2D eigenvalue weighted by Crippen LogP contribution is -2.28. The molecule has 1 aromatic heterocycles. The van der Waals surface area contributed by atoms with E-state index in [1.165, 1.54) is 0 Å². The fourth-order valence-corrected chi connectivity index (χ4v) is 1.71. The van der Waals surface area contributed by atoms with Crippen LogP contribution < -0.4 is 21.3 Å². The fraction of sp³-hybridized carbons (Fsp3) is 0.0625. The van der Waals surface area contributed by atoms with Gasteiger partial charge in [-0.1, -0.05) is 6.08 Å². The number of anilines is 3. The molecule has 2 aromatic rings. The van der Waals surface area contributed by atoms with Gasteiger partial charge in [0.2, 0.25) is 0 Å². The van der Waals surface area contributed by atoms with E-state index < -0.39 is 0 Å². The minimum absolute atomic E-state index is 0.320. The molecule has 7 heteroatoms. The van der Waals surface area contributed by atoms with Gasteiger partial charge in [0.1, 0.15) is 0 Å². The molecule has 0 saturated heterocycles. The number of benzene rings is 1. The van der Waals surface area contributed by atoms with E-state index in [-0.39, 0.29) is 12.1 Å². The first-order valence-corrected chi connectivity index (χ1v) is 6.91. The molecule has 0 fully saturated rings. The molecule has 0 bridgehead atoms. The highest BCUT2D eigenvalue weighted by Crippen LogP contribution is 2.14. The Morgan fingerprint density at radius 1 is 0.957 bits per heavy atom. The van der Waals surface area contributed by atoms with E-state index in [0.29, 0.717) is 23.6 Å². The first kappa shape index (κ1) is 16.0. The molecule has 0 saturated carbocycles. The van der Waals surface area contributed by atoms with Crippen molar-refractivity contribution in [2.45, 2.75) is 0 Å². The zero-order valence-corrected chi connectivity index (χ0v) is 12.4. The van der Waals surface area contributed by atoms with Gasteiger partial charge in [0, 0.05) is 24.1 Å². The molecule has 23 heavy (non-hydrogen) atoms. The van der Waals surface area contributed by atoms with Crippen molar-refractivity contribution in [1.82, 2.24) is 10.3 Å². The minimum atomic E-state index is -0.373. The third-order valence-electron chi connectivity index (χ3n) is 2.73. The highest BCUT2D eigenvalue weighted by atomic mass is 16.2. The molecule has 0 aliphatic carbocycles. The van der Waals surface area contributed by atoms with Crippen molar-refractivity contribution in [1.29, 1.82) is 0 Å². The van der Waals surface area contributed by atoms with Gasteiger partial charge in [0.05, 0.1) is 11.9 Å². The first-order chi connectivity index (χ1) is 11.2. The Morgan fingerprint density at radius 3 is 2.13 bits per heavy atom. The molecule has 4 N–H and O–H groups in total. The predicted octanol–water partition coefficient (Wildman–Crippen LogP) is 3.03. The number of amides is 4. The lowest BCUT2D eigenvalue weighted by Gasteiger charge is -2.09. The fourth-order valence-electron chi connectivity index (χ4n) is 1.71. The van der Waals surface area contributed by atoms with E-state index in [4.69, 9.17) is 0 Å². The highest BCUT2D eigenvalue weighted by molar-refractivity contribution is 5.99. The molecule has 0 radical (unpaired) electrons. The van der Waals surface area contributed by atoms with Crippen LogP contribution >= 0.6 is 0 Å². The molecule has 0 spiro atoms. The molecular weight excluding hydrogens is 294 g/mol. The predicted molar refractivity (Wildman–Crippen MR) is 90.5 cm³/mol. The molecule has 2 rings (SSSR count). The lowest BCUT2D eigenvalue weighted by atomic mass is 10.3. The Bertz CT molecular complexity index is 671. The van der Waals surface area contributed by atoms with Crippen LogP contribution in [0.4, 0.5) is 26.7 Å². The van der Waals surface area contributed by atoms with Crippen LogP contribution in [-0.4, -0.2) is 23.6 Å². The molecular formula is C16H17N5O2. The molecule has 0 atom stereocenters. The number of aromatic nitrogens is 1. The summed E-state index contributed by atoms with van der Waals surface area (Å²) in [5.74, 6) is 0. The van der Waals surface area contributed by atoms with E-state index in [1.54, 1.807) is 54.9 Å². The van der Waals surface area contributed by atoms with Gasteiger partial charge >= 0.3 is 12.1 Å². The molecule has 0 aliphatic heterocycles. The van der Waals surface area contributed by atoms with E-state index in [9.17, 15) is 9.59 Å². The zero-order valence-electron chi connectivity index (χ0n) is 12.4. The van der Waals surface area contributed by atoms with Crippen molar-refractivity contribution in [2.24, 2.45) is 0 Å². The normalized spacial score (nSPS) is 9.57. The lowest BCUT2D eigenvalue weighted by molar-refractivity contribution is 0.253. The van der Waals surface area contributed by atoms with Crippen molar-refractivity contribution >= 4 is 29.1 Å². The standard InChI is InChI=1S/C16H17N5O2/c1-2-9-18-15(22)19-12-5-7-13(8-6-12)20-16(23)21-14-4-3-10-17-11-14/h2-8,10-11H,1,9H2,(H2,18,19,22)(H2,20,21,23). The van der Waals surface area contributed by atoms with Gasteiger partial charge in [-0.15, -0.1) is 6.58 Å². The second-order valence-corrected chi connectivity index (χ2v) is 4.52. The Morgan fingerprint density at radius 2 is 1.57 bits per heavy atom. The van der Waals surface area contributed by atoms with Gasteiger partial charge in [-0.05, 0) is 36.4 Å². The monoisotopic (exact) mass is 311 g/mol. The van der Waals surface area contributed by atoms with Gasteiger partial charge in [-0.2, -0.15) is 0 Å². The van der Waals surface area contributed by atoms with Crippen molar-refractivity contribution in [3.8, 4) is 0 Å². The van der Waals surface area contributed by atoms with Crippen LogP contribution in [0, 0.1) is 0 Å². The molecule has 4 amide bonds. The van der Waals surface area contributed by atoms with Crippen LogP contribution in [0.15, 0.2) is 61.4 Å². The van der Waals surface area contributed by atoms with Gasteiger partial charge in [-0.3, -0.25) is 4.98 Å².